The molecule has 0 unspecified atom stereocenters. The maximum Gasteiger partial charge on any atom is 0.306 e. The summed E-state index contributed by atoms with van der Waals surface area (Å²) in [7, 11) is 0. The van der Waals surface area contributed by atoms with Gasteiger partial charge in [0.2, 0.25) is 0 Å². The van der Waals surface area contributed by atoms with Crippen LogP contribution in [-0.4, -0.2) is 40.5 Å². The van der Waals surface area contributed by atoms with Crippen molar-refractivity contribution in [1.82, 2.24) is 5.32 Å². The molecular weight excluding hydrogens is 382 g/mol. The normalized spacial score (nSPS) is 16.7. The van der Waals surface area contributed by atoms with Gasteiger partial charge in [0.15, 0.2) is 0 Å². The number of carbonyl (C=O) groups is 1. The number of carbonyl (C=O) groups excluding carboxylic acids is 1. The smallest absolute Gasteiger partial charge is 0.306 e. The van der Waals surface area contributed by atoms with Crippen LogP contribution in [0, 0.1) is 0 Å². The molecule has 0 saturated carbocycles. The highest BCUT2D eigenvalue weighted by molar-refractivity contribution is 5.69. The van der Waals surface area contributed by atoms with Crippen molar-refractivity contribution in [3.8, 4) is 5.75 Å². The molecule has 162 valence electrons. The molecule has 6 heteroatoms. The minimum Gasteiger partial charge on any atom is -0.508 e. The standard InChI is InChI=1S/C24H31NO5/c1-2-30-24(29)10-4-16-3-5-17-6-8-21(13-19(17)11-16)25-14-23(28)18-7-9-22(27)20(12-18)15-26/h3,5,7,9,11-12,21,23,25-28H,2,4,6,8,10,13-15H2,1H3/t21-,23+/m0/s1. The molecule has 0 aliphatic heterocycles. The molecule has 2 aromatic rings. The van der Waals surface area contributed by atoms with Gasteiger partial charge in [-0.3, -0.25) is 4.79 Å². The molecule has 4 N–H and O–H groups in total. The van der Waals surface area contributed by atoms with Gasteiger partial charge in [-0.25, -0.2) is 0 Å². The van der Waals surface area contributed by atoms with Gasteiger partial charge in [0.1, 0.15) is 5.75 Å². The molecule has 0 spiro atoms. The Labute approximate surface area is 177 Å². The molecule has 0 heterocycles. The highest BCUT2D eigenvalue weighted by Crippen LogP contribution is 2.25. The molecule has 0 radical (unpaired) electrons. The molecule has 0 amide bonds. The first-order chi connectivity index (χ1) is 14.5. The van der Waals surface area contributed by atoms with E-state index in [-0.39, 0.29) is 24.4 Å². The summed E-state index contributed by atoms with van der Waals surface area (Å²) < 4.78 is 5.00. The topological polar surface area (TPSA) is 99.0 Å². The second-order valence-electron chi connectivity index (χ2n) is 7.82. The second-order valence-corrected chi connectivity index (χ2v) is 7.82. The van der Waals surface area contributed by atoms with Crippen LogP contribution in [0.25, 0.3) is 0 Å². The van der Waals surface area contributed by atoms with Gasteiger partial charge in [0.25, 0.3) is 0 Å². The number of aromatic hydroxyl groups is 1. The first-order valence-corrected chi connectivity index (χ1v) is 10.6. The number of phenols is 1. The largest absolute Gasteiger partial charge is 0.508 e. The fraction of sp³-hybridized carbons (Fsp3) is 0.458. The zero-order valence-corrected chi connectivity index (χ0v) is 17.4. The van der Waals surface area contributed by atoms with E-state index in [0.29, 0.717) is 37.1 Å². The summed E-state index contributed by atoms with van der Waals surface area (Å²) in [5, 5.41) is 32.9. The lowest BCUT2D eigenvalue weighted by Crippen LogP contribution is -2.37. The SMILES string of the molecule is CCOC(=O)CCc1ccc2c(c1)C[C@@H](NC[C@@H](O)c1ccc(O)c(CO)c1)CC2. The predicted molar refractivity (Wildman–Crippen MR) is 114 cm³/mol. The fourth-order valence-corrected chi connectivity index (χ4v) is 3.96. The minimum absolute atomic E-state index is 0.0315. The lowest BCUT2D eigenvalue weighted by molar-refractivity contribution is -0.143. The van der Waals surface area contributed by atoms with Crippen LogP contribution < -0.4 is 5.32 Å². The number of aryl methyl sites for hydroxylation is 2. The second kappa shape index (κ2) is 10.6. The van der Waals surface area contributed by atoms with E-state index >= 15 is 0 Å². The van der Waals surface area contributed by atoms with Gasteiger partial charge >= 0.3 is 5.97 Å². The number of nitrogens with one attached hydrogen (secondary N) is 1. The molecule has 1 aliphatic carbocycles. The van der Waals surface area contributed by atoms with Crippen molar-refractivity contribution in [3.05, 3.63) is 64.2 Å². The molecule has 0 aromatic heterocycles. The Kier molecular flexibility index (Phi) is 7.85. The Bertz CT molecular complexity index is 867. The summed E-state index contributed by atoms with van der Waals surface area (Å²) in [6, 6.07) is 11.5. The van der Waals surface area contributed by atoms with Crippen LogP contribution in [0.1, 0.15) is 53.7 Å². The van der Waals surface area contributed by atoms with E-state index < -0.39 is 6.10 Å². The van der Waals surface area contributed by atoms with Crippen LogP contribution in [0.3, 0.4) is 0 Å². The highest BCUT2D eigenvalue weighted by Gasteiger charge is 2.20. The van der Waals surface area contributed by atoms with Crippen molar-refractivity contribution in [2.75, 3.05) is 13.2 Å². The number of hydrogen-bond acceptors (Lipinski definition) is 6. The first kappa shape index (κ1) is 22.3. The summed E-state index contributed by atoms with van der Waals surface area (Å²) in [5.41, 5.74) is 4.86. The summed E-state index contributed by atoms with van der Waals surface area (Å²) in [6.45, 7) is 2.36. The third-order valence-corrected chi connectivity index (χ3v) is 5.68. The Morgan fingerprint density at radius 2 is 2.07 bits per heavy atom. The minimum atomic E-state index is -0.715. The zero-order valence-electron chi connectivity index (χ0n) is 17.4. The van der Waals surface area contributed by atoms with E-state index in [2.05, 4.69) is 23.5 Å². The molecule has 0 bridgehead atoms. The molecule has 0 fully saturated rings. The quantitative estimate of drug-likeness (QED) is 0.472. The molecule has 1 aliphatic rings. The Balaban J connectivity index is 1.55. The van der Waals surface area contributed by atoms with E-state index in [0.717, 1.165) is 24.8 Å². The van der Waals surface area contributed by atoms with Crippen LogP contribution in [-0.2, 0) is 35.4 Å². The van der Waals surface area contributed by atoms with Crippen LogP contribution in [0.2, 0.25) is 0 Å². The summed E-state index contributed by atoms with van der Waals surface area (Å²) in [6.07, 6.45) is 3.22. The van der Waals surface area contributed by atoms with Crippen molar-refractivity contribution in [3.63, 3.8) is 0 Å². The molecule has 3 rings (SSSR count). The van der Waals surface area contributed by atoms with Crippen molar-refractivity contribution < 1.29 is 24.9 Å². The van der Waals surface area contributed by atoms with Gasteiger partial charge in [0, 0.05) is 24.6 Å². The number of aliphatic hydroxyl groups is 2. The maximum atomic E-state index is 11.6. The van der Waals surface area contributed by atoms with E-state index in [4.69, 9.17) is 4.74 Å². The van der Waals surface area contributed by atoms with Crippen LogP contribution in [0.5, 0.6) is 5.75 Å². The molecule has 2 aromatic carbocycles. The maximum absolute atomic E-state index is 11.6. The van der Waals surface area contributed by atoms with E-state index in [1.54, 1.807) is 12.1 Å². The van der Waals surface area contributed by atoms with Crippen molar-refractivity contribution in [1.29, 1.82) is 0 Å². The van der Waals surface area contributed by atoms with Gasteiger partial charge in [-0.05, 0) is 67.0 Å². The van der Waals surface area contributed by atoms with Crippen molar-refractivity contribution in [2.24, 2.45) is 0 Å². The van der Waals surface area contributed by atoms with Gasteiger partial charge in [-0.1, -0.05) is 24.3 Å². The monoisotopic (exact) mass is 413 g/mol. The Morgan fingerprint density at radius 3 is 2.83 bits per heavy atom. The summed E-state index contributed by atoms with van der Waals surface area (Å²) in [4.78, 5) is 11.6. The van der Waals surface area contributed by atoms with E-state index in [1.165, 1.54) is 17.2 Å². The Morgan fingerprint density at radius 1 is 1.23 bits per heavy atom. The number of fused-ring (bicyclic) bond motifs is 1. The number of benzene rings is 2. The van der Waals surface area contributed by atoms with Crippen LogP contribution in [0.15, 0.2) is 36.4 Å². The zero-order chi connectivity index (χ0) is 21.5. The highest BCUT2D eigenvalue weighted by atomic mass is 16.5. The number of esters is 1. The number of rotatable bonds is 9. The fourth-order valence-electron chi connectivity index (χ4n) is 3.96. The van der Waals surface area contributed by atoms with Crippen molar-refractivity contribution in [2.45, 2.75) is 57.8 Å². The predicted octanol–water partition coefficient (Wildman–Crippen LogP) is 2.56. The third kappa shape index (κ3) is 5.81. The lowest BCUT2D eigenvalue weighted by atomic mass is 9.86. The van der Waals surface area contributed by atoms with Gasteiger partial charge in [-0.15, -0.1) is 0 Å². The van der Waals surface area contributed by atoms with Crippen LogP contribution in [0.4, 0.5) is 0 Å². The summed E-state index contributed by atoms with van der Waals surface area (Å²) >= 11 is 0. The number of aliphatic hydroxyl groups excluding tert-OH is 2. The molecule has 0 saturated heterocycles. The number of ether oxygens (including phenoxy) is 1. The molecule has 30 heavy (non-hydrogen) atoms. The average molecular weight is 414 g/mol. The van der Waals surface area contributed by atoms with Gasteiger partial charge < -0.3 is 25.4 Å². The molecular formula is C24H31NO5. The first-order valence-electron chi connectivity index (χ1n) is 10.6. The van der Waals surface area contributed by atoms with Gasteiger partial charge in [-0.2, -0.15) is 0 Å². The van der Waals surface area contributed by atoms with Crippen LogP contribution >= 0.6 is 0 Å². The number of hydrogen-bond donors (Lipinski definition) is 4. The average Bonchev–Trinajstić information content (AvgIpc) is 2.76. The summed E-state index contributed by atoms with van der Waals surface area (Å²) in [5.74, 6) is -0.133. The van der Waals surface area contributed by atoms with Crippen molar-refractivity contribution >= 4 is 5.97 Å². The lowest BCUT2D eigenvalue weighted by Gasteiger charge is -2.27. The molecule has 6 nitrogen and oxygen atoms in total. The molecule has 2 atom stereocenters. The third-order valence-electron chi connectivity index (χ3n) is 5.68. The van der Waals surface area contributed by atoms with E-state index in [1.807, 2.05) is 6.92 Å². The Hall–Kier alpha value is -2.41. The van der Waals surface area contributed by atoms with E-state index in [9.17, 15) is 20.1 Å². The van der Waals surface area contributed by atoms with Gasteiger partial charge in [0.05, 0.1) is 19.3 Å².